The Bertz CT molecular complexity index is 478. The van der Waals surface area contributed by atoms with Gasteiger partial charge in [-0.3, -0.25) is 4.79 Å². The minimum absolute atomic E-state index is 0.0783. The lowest BCUT2D eigenvalue weighted by molar-refractivity contribution is -0.117. The van der Waals surface area contributed by atoms with Crippen LogP contribution in [0.15, 0.2) is 18.2 Å². The molecule has 1 amide bonds. The highest BCUT2D eigenvalue weighted by Crippen LogP contribution is 2.15. The molecule has 18 heavy (non-hydrogen) atoms. The van der Waals surface area contributed by atoms with E-state index in [1.165, 1.54) is 6.92 Å². The van der Waals surface area contributed by atoms with E-state index in [-0.39, 0.29) is 16.8 Å². The lowest BCUT2D eigenvalue weighted by atomic mass is 10.1. The second-order valence-corrected chi connectivity index (χ2v) is 3.69. The van der Waals surface area contributed by atoms with Gasteiger partial charge >= 0.3 is 11.9 Å². The summed E-state index contributed by atoms with van der Waals surface area (Å²) in [7, 11) is 0. The first-order valence-corrected chi connectivity index (χ1v) is 4.99. The lowest BCUT2D eigenvalue weighted by Crippen LogP contribution is -2.32. The Hall–Kier alpha value is -2.41. The molecule has 0 saturated heterocycles. The fourth-order valence-corrected chi connectivity index (χ4v) is 1.20. The van der Waals surface area contributed by atoms with Crippen molar-refractivity contribution < 1.29 is 24.6 Å². The van der Waals surface area contributed by atoms with E-state index < -0.39 is 23.9 Å². The fraction of sp³-hybridized carbons (Fsp3) is 0.182. The third-order valence-electron chi connectivity index (χ3n) is 2.11. The number of carbonyl (C=O) groups is 3. The number of carboxylic acid groups (broad SMARTS) is 2. The molecule has 1 aromatic carbocycles. The van der Waals surface area contributed by atoms with Crippen LogP contribution in [0.5, 0.6) is 0 Å². The van der Waals surface area contributed by atoms with E-state index >= 15 is 0 Å². The second-order valence-electron chi connectivity index (χ2n) is 3.69. The SMILES string of the molecule is C[C@H](N)C(=O)Nc1cc(C(=O)O)cc(C(=O)O)c1. The highest BCUT2D eigenvalue weighted by atomic mass is 16.4. The maximum Gasteiger partial charge on any atom is 0.335 e. The topological polar surface area (TPSA) is 130 Å². The maximum atomic E-state index is 11.3. The molecule has 0 unspecified atom stereocenters. The van der Waals surface area contributed by atoms with Gasteiger partial charge in [0.25, 0.3) is 0 Å². The van der Waals surface area contributed by atoms with Gasteiger partial charge in [0.1, 0.15) is 0 Å². The molecule has 7 nitrogen and oxygen atoms in total. The van der Waals surface area contributed by atoms with E-state index in [9.17, 15) is 14.4 Å². The molecular weight excluding hydrogens is 240 g/mol. The van der Waals surface area contributed by atoms with Crippen molar-refractivity contribution >= 4 is 23.5 Å². The van der Waals surface area contributed by atoms with Gasteiger partial charge < -0.3 is 21.3 Å². The van der Waals surface area contributed by atoms with Crippen LogP contribution in [-0.4, -0.2) is 34.1 Å². The highest BCUT2D eigenvalue weighted by Gasteiger charge is 2.14. The Morgan fingerprint density at radius 2 is 1.56 bits per heavy atom. The lowest BCUT2D eigenvalue weighted by Gasteiger charge is -2.09. The predicted octanol–water partition coefficient (Wildman–Crippen LogP) is 0.369. The zero-order chi connectivity index (χ0) is 13.9. The van der Waals surface area contributed by atoms with Gasteiger partial charge in [-0.2, -0.15) is 0 Å². The van der Waals surface area contributed by atoms with E-state index in [0.29, 0.717) is 0 Å². The Morgan fingerprint density at radius 1 is 1.11 bits per heavy atom. The average Bonchev–Trinajstić information content (AvgIpc) is 2.28. The molecule has 0 saturated carbocycles. The molecule has 0 heterocycles. The molecule has 1 aromatic rings. The second kappa shape index (κ2) is 5.28. The molecule has 0 aromatic heterocycles. The summed E-state index contributed by atoms with van der Waals surface area (Å²) < 4.78 is 0. The van der Waals surface area contributed by atoms with Crippen molar-refractivity contribution in [3.05, 3.63) is 29.3 Å². The number of hydrogen-bond donors (Lipinski definition) is 4. The Labute approximate surface area is 102 Å². The van der Waals surface area contributed by atoms with Crippen LogP contribution in [0, 0.1) is 0 Å². The number of hydrogen-bond acceptors (Lipinski definition) is 4. The maximum absolute atomic E-state index is 11.3. The quantitative estimate of drug-likeness (QED) is 0.612. The summed E-state index contributed by atoms with van der Waals surface area (Å²) in [6.45, 7) is 1.45. The summed E-state index contributed by atoms with van der Waals surface area (Å²) in [5.41, 5.74) is 4.96. The van der Waals surface area contributed by atoms with Crippen LogP contribution in [0.4, 0.5) is 5.69 Å². The Balaban J connectivity index is 3.15. The Morgan fingerprint density at radius 3 is 1.89 bits per heavy atom. The van der Waals surface area contributed by atoms with Gasteiger partial charge in [0.2, 0.25) is 5.91 Å². The molecule has 0 spiro atoms. The summed E-state index contributed by atoms with van der Waals surface area (Å²) >= 11 is 0. The molecule has 0 fully saturated rings. The van der Waals surface area contributed by atoms with Crippen molar-refractivity contribution in [2.45, 2.75) is 13.0 Å². The van der Waals surface area contributed by atoms with Crippen molar-refractivity contribution in [2.75, 3.05) is 5.32 Å². The van der Waals surface area contributed by atoms with Crippen molar-refractivity contribution in [1.82, 2.24) is 0 Å². The zero-order valence-corrected chi connectivity index (χ0v) is 9.51. The number of anilines is 1. The van der Waals surface area contributed by atoms with Gasteiger partial charge in [-0.25, -0.2) is 9.59 Å². The summed E-state index contributed by atoms with van der Waals surface area (Å²) in [6, 6.07) is 2.54. The molecule has 0 aliphatic carbocycles. The number of carboxylic acids is 2. The van der Waals surface area contributed by atoms with Crippen LogP contribution in [0.1, 0.15) is 27.6 Å². The predicted molar refractivity (Wildman–Crippen MR) is 62.6 cm³/mol. The molecule has 0 radical (unpaired) electrons. The van der Waals surface area contributed by atoms with Gasteiger partial charge in [-0.1, -0.05) is 0 Å². The molecular formula is C11H12N2O5. The summed E-state index contributed by atoms with van der Waals surface area (Å²) in [4.78, 5) is 33.0. The largest absolute Gasteiger partial charge is 0.478 e. The third kappa shape index (κ3) is 3.29. The number of aromatic carboxylic acids is 2. The van der Waals surface area contributed by atoms with Gasteiger partial charge in [0.15, 0.2) is 0 Å². The van der Waals surface area contributed by atoms with E-state index in [2.05, 4.69) is 5.32 Å². The van der Waals surface area contributed by atoms with Gasteiger partial charge in [0, 0.05) is 5.69 Å². The number of nitrogens with one attached hydrogen (secondary N) is 1. The third-order valence-corrected chi connectivity index (χ3v) is 2.11. The molecule has 96 valence electrons. The van der Waals surface area contributed by atoms with Crippen molar-refractivity contribution in [2.24, 2.45) is 5.73 Å². The van der Waals surface area contributed by atoms with Crippen LogP contribution in [0.2, 0.25) is 0 Å². The minimum atomic E-state index is -1.28. The van der Waals surface area contributed by atoms with Gasteiger partial charge in [-0.15, -0.1) is 0 Å². The van der Waals surface area contributed by atoms with Crippen LogP contribution in [0.25, 0.3) is 0 Å². The van der Waals surface area contributed by atoms with Gasteiger partial charge in [-0.05, 0) is 25.1 Å². The molecule has 0 aliphatic rings. The first-order chi connectivity index (χ1) is 8.31. The van der Waals surface area contributed by atoms with Gasteiger partial charge in [0.05, 0.1) is 17.2 Å². The minimum Gasteiger partial charge on any atom is -0.478 e. The summed E-state index contributed by atoms with van der Waals surface area (Å²) in [6.07, 6.45) is 0. The first-order valence-electron chi connectivity index (χ1n) is 4.99. The van der Waals surface area contributed by atoms with Crippen molar-refractivity contribution in [3.63, 3.8) is 0 Å². The molecule has 1 rings (SSSR count). The number of carbonyl (C=O) groups excluding carboxylic acids is 1. The number of nitrogens with two attached hydrogens (primary N) is 1. The molecule has 7 heteroatoms. The standard InChI is InChI=1S/C11H12N2O5/c1-5(12)9(14)13-8-3-6(10(15)16)2-7(4-8)11(17)18/h2-5H,12H2,1H3,(H,13,14)(H,15,16)(H,17,18)/t5-/m0/s1. The molecule has 1 atom stereocenters. The summed E-state index contributed by atoms with van der Waals surface area (Å²) in [5.74, 6) is -3.10. The van der Waals surface area contributed by atoms with E-state index in [0.717, 1.165) is 18.2 Å². The smallest absolute Gasteiger partial charge is 0.335 e. The zero-order valence-electron chi connectivity index (χ0n) is 9.51. The fourth-order valence-electron chi connectivity index (χ4n) is 1.20. The normalized spacial score (nSPS) is 11.7. The van der Waals surface area contributed by atoms with Crippen LogP contribution in [0.3, 0.4) is 0 Å². The van der Waals surface area contributed by atoms with Crippen LogP contribution < -0.4 is 11.1 Å². The first kappa shape index (κ1) is 13.7. The van der Waals surface area contributed by atoms with Crippen molar-refractivity contribution in [1.29, 1.82) is 0 Å². The van der Waals surface area contributed by atoms with Crippen molar-refractivity contribution in [3.8, 4) is 0 Å². The number of amides is 1. The van der Waals surface area contributed by atoms with Crippen LogP contribution in [-0.2, 0) is 4.79 Å². The average molecular weight is 252 g/mol. The summed E-state index contributed by atoms with van der Waals surface area (Å²) in [5, 5.41) is 20.0. The molecule has 0 bridgehead atoms. The molecule has 5 N–H and O–H groups in total. The number of rotatable bonds is 4. The number of benzene rings is 1. The van der Waals surface area contributed by atoms with E-state index in [1.807, 2.05) is 0 Å². The molecule has 0 aliphatic heterocycles. The Kier molecular flexibility index (Phi) is 4.01. The highest BCUT2D eigenvalue weighted by molar-refractivity contribution is 5.99. The monoisotopic (exact) mass is 252 g/mol. The van der Waals surface area contributed by atoms with E-state index in [4.69, 9.17) is 15.9 Å². The van der Waals surface area contributed by atoms with E-state index in [1.54, 1.807) is 0 Å². The van der Waals surface area contributed by atoms with Crippen LogP contribution >= 0.6 is 0 Å².